The minimum Gasteiger partial charge on any atom is -0.395 e. The van der Waals surface area contributed by atoms with Crippen molar-refractivity contribution in [1.82, 2.24) is 15.2 Å². The monoisotopic (exact) mass is 277 g/mol. The number of aromatic nitrogens is 1. The van der Waals surface area contributed by atoms with Gasteiger partial charge in [0.15, 0.2) is 0 Å². The number of rotatable bonds is 7. The predicted octanol–water partition coefficient (Wildman–Crippen LogP) is 0.935. The number of aliphatic hydroxyl groups is 1. The molecular weight excluding hydrogens is 254 g/mol. The quantitative estimate of drug-likeness (QED) is 0.778. The van der Waals surface area contributed by atoms with Crippen LogP contribution in [0.3, 0.4) is 0 Å². The largest absolute Gasteiger partial charge is 0.395 e. The molecule has 0 radical (unpaired) electrons. The Morgan fingerprint density at radius 2 is 2.25 bits per heavy atom. The minimum absolute atomic E-state index is 0.0502. The van der Waals surface area contributed by atoms with Crippen LogP contribution in [0.4, 0.5) is 0 Å². The van der Waals surface area contributed by atoms with E-state index in [-0.39, 0.29) is 12.5 Å². The van der Waals surface area contributed by atoms with Crippen LogP contribution in [-0.4, -0.2) is 46.6 Å². The molecule has 5 nitrogen and oxygen atoms in total. The normalized spacial score (nSPS) is 15.7. The molecule has 0 bridgehead atoms. The zero-order chi connectivity index (χ0) is 14.2. The van der Waals surface area contributed by atoms with Gasteiger partial charge in [0, 0.05) is 31.5 Å². The summed E-state index contributed by atoms with van der Waals surface area (Å²) in [5, 5.41) is 12.2. The van der Waals surface area contributed by atoms with E-state index in [1.165, 1.54) is 12.8 Å². The maximum Gasteiger partial charge on any atom is 0.234 e. The molecule has 1 aromatic rings. The van der Waals surface area contributed by atoms with Gasteiger partial charge in [0.2, 0.25) is 5.91 Å². The Labute approximate surface area is 120 Å². The number of hydrogen-bond acceptors (Lipinski definition) is 4. The van der Waals surface area contributed by atoms with Crippen LogP contribution >= 0.6 is 0 Å². The lowest BCUT2D eigenvalue weighted by molar-refractivity contribution is -0.123. The molecule has 2 N–H and O–H groups in total. The molecule has 1 heterocycles. The van der Waals surface area contributed by atoms with Crippen molar-refractivity contribution in [2.24, 2.45) is 0 Å². The number of carbonyl (C=O) groups excluding carboxylic acids is 1. The number of aliphatic hydroxyl groups excluding tert-OH is 1. The summed E-state index contributed by atoms with van der Waals surface area (Å²) < 4.78 is 0. The molecular formula is C15H23N3O2. The Kier molecular flexibility index (Phi) is 5.95. The van der Waals surface area contributed by atoms with E-state index in [1.54, 1.807) is 12.4 Å². The van der Waals surface area contributed by atoms with Crippen LogP contribution in [0, 0.1) is 0 Å². The average molecular weight is 277 g/mol. The summed E-state index contributed by atoms with van der Waals surface area (Å²) in [6, 6.07) is 4.20. The van der Waals surface area contributed by atoms with Gasteiger partial charge < -0.3 is 10.4 Å². The van der Waals surface area contributed by atoms with E-state index in [1.807, 2.05) is 17.0 Å². The molecule has 1 aromatic heterocycles. The van der Waals surface area contributed by atoms with Crippen molar-refractivity contribution in [3.63, 3.8) is 0 Å². The first kappa shape index (κ1) is 14.9. The van der Waals surface area contributed by atoms with E-state index in [4.69, 9.17) is 5.11 Å². The lowest BCUT2D eigenvalue weighted by Gasteiger charge is -2.22. The molecule has 0 saturated heterocycles. The third kappa shape index (κ3) is 4.90. The SMILES string of the molecule is O=C(CN(CCO)Cc1cccnc1)NC1CCCC1. The van der Waals surface area contributed by atoms with Crippen LogP contribution in [0.25, 0.3) is 0 Å². The fourth-order valence-electron chi connectivity index (χ4n) is 2.65. The van der Waals surface area contributed by atoms with Crippen molar-refractivity contribution in [2.75, 3.05) is 19.7 Å². The molecule has 0 aromatic carbocycles. The standard InChI is InChI=1S/C15H23N3O2/c19-9-8-18(11-13-4-3-7-16-10-13)12-15(20)17-14-5-1-2-6-14/h3-4,7,10,14,19H,1-2,5-6,8-9,11-12H2,(H,17,20). The van der Waals surface area contributed by atoms with Gasteiger partial charge in [-0.2, -0.15) is 0 Å². The molecule has 1 fully saturated rings. The van der Waals surface area contributed by atoms with Crippen molar-refractivity contribution in [3.8, 4) is 0 Å². The third-order valence-corrected chi connectivity index (χ3v) is 3.63. The fraction of sp³-hybridized carbons (Fsp3) is 0.600. The second kappa shape index (κ2) is 7.97. The second-order valence-electron chi connectivity index (χ2n) is 5.34. The average Bonchev–Trinajstić information content (AvgIpc) is 2.93. The lowest BCUT2D eigenvalue weighted by Crippen LogP contribution is -2.41. The smallest absolute Gasteiger partial charge is 0.234 e. The molecule has 0 spiro atoms. The highest BCUT2D eigenvalue weighted by Gasteiger charge is 2.18. The van der Waals surface area contributed by atoms with Gasteiger partial charge in [0.05, 0.1) is 13.2 Å². The highest BCUT2D eigenvalue weighted by Crippen LogP contribution is 2.17. The molecule has 1 saturated carbocycles. The molecule has 0 unspecified atom stereocenters. The lowest BCUT2D eigenvalue weighted by atomic mass is 10.2. The number of carbonyl (C=O) groups is 1. The van der Waals surface area contributed by atoms with E-state index in [9.17, 15) is 4.79 Å². The van der Waals surface area contributed by atoms with Crippen LogP contribution in [-0.2, 0) is 11.3 Å². The van der Waals surface area contributed by atoms with Crippen LogP contribution in [0.1, 0.15) is 31.2 Å². The van der Waals surface area contributed by atoms with E-state index >= 15 is 0 Å². The highest BCUT2D eigenvalue weighted by atomic mass is 16.3. The number of pyridine rings is 1. The molecule has 1 amide bonds. The summed E-state index contributed by atoms with van der Waals surface area (Å²) in [4.78, 5) is 18.0. The van der Waals surface area contributed by atoms with Gasteiger partial charge in [0.25, 0.3) is 0 Å². The van der Waals surface area contributed by atoms with Crippen LogP contribution in [0.15, 0.2) is 24.5 Å². The Hall–Kier alpha value is -1.46. The van der Waals surface area contributed by atoms with E-state index in [0.29, 0.717) is 25.7 Å². The first-order chi connectivity index (χ1) is 9.78. The van der Waals surface area contributed by atoms with Crippen molar-refractivity contribution in [3.05, 3.63) is 30.1 Å². The van der Waals surface area contributed by atoms with Gasteiger partial charge in [0.1, 0.15) is 0 Å². The molecule has 1 aliphatic rings. The Balaban J connectivity index is 1.83. The Morgan fingerprint density at radius 3 is 2.90 bits per heavy atom. The van der Waals surface area contributed by atoms with Gasteiger partial charge in [-0.3, -0.25) is 14.7 Å². The predicted molar refractivity (Wildman–Crippen MR) is 77.0 cm³/mol. The van der Waals surface area contributed by atoms with Gasteiger partial charge in [-0.1, -0.05) is 18.9 Å². The number of hydrogen-bond donors (Lipinski definition) is 2. The van der Waals surface area contributed by atoms with Crippen LogP contribution in [0.5, 0.6) is 0 Å². The topological polar surface area (TPSA) is 65.5 Å². The Bertz CT molecular complexity index is 405. The van der Waals surface area contributed by atoms with Gasteiger partial charge in [-0.05, 0) is 24.5 Å². The van der Waals surface area contributed by atoms with Crippen molar-refractivity contribution in [1.29, 1.82) is 0 Å². The second-order valence-corrected chi connectivity index (χ2v) is 5.34. The zero-order valence-electron chi connectivity index (χ0n) is 11.8. The van der Waals surface area contributed by atoms with E-state index < -0.39 is 0 Å². The first-order valence-electron chi connectivity index (χ1n) is 7.29. The van der Waals surface area contributed by atoms with E-state index in [2.05, 4.69) is 10.3 Å². The zero-order valence-corrected chi connectivity index (χ0v) is 11.8. The molecule has 20 heavy (non-hydrogen) atoms. The number of nitrogens with zero attached hydrogens (tertiary/aromatic N) is 2. The van der Waals surface area contributed by atoms with Gasteiger partial charge >= 0.3 is 0 Å². The molecule has 5 heteroatoms. The molecule has 0 aliphatic heterocycles. The molecule has 0 atom stereocenters. The fourth-order valence-corrected chi connectivity index (χ4v) is 2.65. The van der Waals surface area contributed by atoms with Crippen molar-refractivity contribution in [2.45, 2.75) is 38.3 Å². The highest BCUT2D eigenvalue weighted by molar-refractivity contribution is 5.78. The summed E-state index contributed by atoms with van der Waals surface area (Å²) in [5.74, 6) is 0.0502. The van der Waals surface area contributed by atoms with Crippen LogP contribution < -0.4 is 5.32 Å². The first-order valence-corrected chi connectivity index (χ1v) is 7.29. The summed E-state index contributed by atoms with van der Waals surface area (Å²) in [6.07, 6.45) is 8.12. The number of amides is 1. The molecule has 1 aliphatic carbocycles. The summed E-state index contributed by atoms with van der Waals surface area (Å²) in [5.41, 5.74) is 1.05. The molecule has 2 rings (SSSR count). The molecule has 110 valence electrons. The summed E-state index contributed by atoms with van der Waals surface area (Å²) in [6.45, 7) is 1.50. The number of nitrogens with one attached hydrogen (secondary N) is 1. The minimum atomic E-state index is 0.0502. The van der Waals surface area contributed by atoms with Crippen LogP contribution in [0.2, 0.25) is 0 Å². The maximum absolute atomic E-state index is 12.0. The summed E-state index contributed by atoms with van der Waals surface area (Å²) in [7, 11) is 0. The van der Waals surface area contributed by atoms with Gasteiger partial charge in [-0.25, -0.2) is 0 Å². The van der Waals surface area contributed by atoms with Crippen molar-refractivity contribution >= 4 is 5.91 Å². The van der Waals surface area contributed by atoms with E-state index in [0.717, 1.165) is 18.4 Å². The Morgan fingerprint density at radius 1 is 1.45 bits per heavy atom. The maximum atomic E-state index is 12.0. The van der Waals surface area contributed by atoms with Gasteiger partial charge in [-0.15, -0.1) is 0 Å². The summed E-state index contributed by atoms with van der Waals surface area (Å²) >= 11 is 0. The third-order valence-electron chi connectivity index (χ3n) is 3.63. The van der Waals surface area contributed by atoms with Crippen molar-refractivity contribution < 1.29 is 9.90 Å².